The highest BCUT2D eigenvalue weighted by molar-refractivity contribution is 5.74. The van der Waals surface area contributed by atoms with Gasteiger partial charge in [0.05, 0.1) is 0 Å². The van der Waals surface area contributed by atoms with E-state index in [9.17, 15) is 4.79 Å². The Balaban J connectivity index is 1.22. The standard InChI is InChI=1S/C21H29N5O/c1-17-22-8-10-24(17)11-9-23-21(27)26-14-12-25(13-15-26)20-7-6-18-4-2-3-5-19(18)16-20/h2-5,8,10,20H,6-7,9,11-16H2,1H3,(H,23,27)/t20-/m1/s1. The van der Waals surface area contributed by atoms with Crippen molar-refractivity contribution in [3.63, 3.8) is 0 Å². The minimum atomic E-state index is 0.0569. The van der Waals surface area contributed by atoms with E-state index in [1.165, 1.54) is 24.0 Å². The van der Waals surface area contributed by atoms with Gasteiger partial charge in [-0.05, 0) is 37.3 Å². The van der Waals surface area contributed by atoms with Crippen LogP contribution in [0.1, 0.15) is 23.4 Å². The normalized spacial score (nSPS) is 20.3. The van der Waals surface area contributed by atoms with Crippen LogP contribution in [0.5, 0.6) is 0 Å². The Morgan fingerprint density at radius 1 is 1.19 bits per heavy atom. The van der Waals surface area contributed by atoms with Gasteiger partial charge in [0, 0.05) is 57.7 Å². The third-order valence-corrected chi connectivity index (χ3v) is 5.99. The van der Waals surface area contributed by atoms with Crippen LogP contribution in [0.2, 0.25) is 0 Å². The first-order valence-electron chi connectivity index (χ1n) is 10.0. The summed E-state index contributed by atoms with van der Waals surface area (Å²) in [5, 5.41) is 3.05. The number of hydrogen-bond acceptors (Lipinski definition) is 3. The Kier molecular flexibility index (Phi) is 5.43. The molecule has 2 aliphatic rings. The zero-order valence-corrected chi connectivity index (χ0v) is 16.1. The van der Waals surface area contributed by atoms with E-state index in [4.69, 9.17) is 0 Å². The van der Waals surface area contributed by atoms with Gasteiger partial charge in [-0.15, -0.1) is 0 Å². The van der Waals surface area contributed by atoms with Gasteiger partial charge in [0.15, 0.2) is 0 Å². The fourth-order valence-corrected chi connectivity index (χ4v) is 4.32. The van der Waals surface area contributed by atoms with Gasteiger partial charge in [0.2, 0.25) is 0 Å². The molecule has 1 atom stereocenters. The summed E-state index contributed by atoms with van der Waals surface area (Å²) >= 11 is 0. The Morgan fingerprint density at radius 2 is 1.96 bits per heavy atom. The van der Waals surface area contributed by atoms with Crippen molar-refractivity contribution in [2.24, 2.45) is 0 Å². The number of nitrogens with one attached hydrogen (secondary N) is 1. The molecule has 1 N–H and O–H groups in total. The maximum atomic E-state index is 12.4. The number of benzene rings is 1. The van der Waals surface area contributed by atoms with E-state index in [0.29, 0.717) is 12.6 Å². The van der Waals surface area contributed by atoms with Gasteiger partial charge in [-0.3, -0.25) is 4.90 Å². The predicted octanol–water partition coefficient (Wildman–Crippen LogP) is 2.08. The largest absolute Gasteiger partial charge is 0.336 e. The van der Waals surface area contributed by atoms with Crippen molar-refractivity contribution in [3.8, 4) is 0 Å². The summed E-state index contributed by atoms with van der Waals surface area (Å²) in [4.78, 5) is 21.2. The number of rotatable bonds is 4. The van der Waals surface area contributed by atoms with E-state index in [0.717, 1.165) is 45.0 Å². The van der Waals surface area contributed by atoms with Crippen LogP contribution in [-0.2, 0) is 19.4 Å². The van der Waals surface area contributed by atoms with Crippen LogP contribution in [-0.4, -0.2) is 64.1 Å². The van der Waals surface area contributed by atoms with Gasteiger partial charge in [-0.2, -0.15) is 0 Å². The molecule has 6 heteroatoms. The number of fused-ring (bicyclic) bond motifs is 1. The number of amides is 2. The summed E-state index contributed by atoms with van der Waals surface area (Å²) in [7, 11) is 0. The predicted molar refractivity (Wildman–Crippen MR) is 106 cm³/mol. The van der Waals surface area contributed by atoms with Gasteiger partial charge < -0.3 is 14.8 Å². The van der Waals surface area contributed by atoms with Crippen molar-refractivity contribution in [1.82, 2.24) is 24.7 Å². The molecule has 0 saturated carbocycles. The van der Waals surface area contributed by atoms with Crippen LogP contribution in [0.25, 0.3) is 0 Å². The molecule has 1 fully saturated rings. The summed E-state index contributed by atoms with van der Waals surface area (Å²) in [5.74, 6) is 0.979. The zero-order valence-electron chi connectivity index (χ0n) is 16.1. The van der Waals surface area contributed by atoms with E-state index >= 15 is 0 Å². The van der Waals surface area contributed by atoms with Crippen molar-refractivity contribution in [2.75, 3.05) is 32.7 Å². The lowest BCUT2D eigenvalue weighted by atomic mass is 9.87. The van der Waals surface area contributed by atoms with Gasteiger partial charge in [0.25, 0.3) is 0 Å². The lowest BCUT2D eigenvalue weighted by Crippen LogP contribution is -2.55. The number of hydrogen-bond donors (Lipinski definition) is 1. The van der Waals surface area contributed by atoms with E-state index in [1.54, 1.807) is 6.20 Å². The van der Waals surface area contributed by atoms with Crippen LogP contribution >= 0.6 is 0 Å². The summed E-state index contributed by atoms with van der Waals surface area (Å²) < 4.78 is 2.05. The van der Waals surface area contributed by atoms with Crippen molar-refractivity contribution in [3.05, 3.63) is 53.6 Å². The highest BCUT2D eigenvalue weighted by atomic mass is 16.2. The lowest BCUT2D eigenvalue weighted by molar-refractivity contribution is 0.101. The number of urea groups is 1. The number of piperazine rings is 1. The molecule has 1 aromatic carbocycles. The monoisotopic (exact) mass is 367 g/mol. The van der Waals surface area contributed by atoms with Crippen molar-refractivity contribution >= 4 is 6.03 Å². The van der Waals surface area contributed by atoms with E-state index < -0.39 is 0 Å². The Morgan fingerprint density at radius 3 is 2.70 bits per heavy atom. The molecule has 1 aliphatic carbocycles. The van der Waals surface area contributed by atoms with Crippen molar-refractivity contribution in [1.29, 1.82) is 0 Å². The Labute approximate surface area is 161 Å². The second-order valence-electron chi connectivity index (χ2n) is 7.59. The Bertz CT molecular complexity index is 778. The van der Waals surface area contributed by atoms with Crippen molar-refractivity contribution < 1.29 is 4.79 Å². The summed E-state index contributed by atoms with van der Waals surface area (Å²) in [5.41, 5.74) is 3.02. The molecule has 1 aromatic heterocycles. The molecule has 0 radical (unpaired) electrons. The average molecular weight is 367 g/mol. The molecular formula is C21H29N5O. The van der Waals surface area contributed by atoms with Crippen LogP contribution in [0, 0.1) is 6.92 Å². The fourth-order valence-electron chi connectivity index (χ4n) is 4.32. The van der Waals surface area contributed by atoms with Gasteiger partial charge >= 0.3 is 6.03 Å². The first-order chi connectivity index (χ1) is 13.2. The molecule has 6 nitrogen and oxygen atoms in total. The summed E-state index contributed by atoms with van der Waals surface area (Å²) in [6.07, 6.45) is 7.29. The first-order valence-corrected chi connectivity index (χ1v) is 10.0. The topological polar surface area (TPSA) is 53.4 Å². The first kappa shape index (κ1) is 18.0. The minimum Gasteiger partial charge on any atom is -0.336 e. The molecule has 0 spiro atoms. The molecule has 2 amide bonds. The molecule has 0 bridgehead atoms. The van der Waals surface area contributed by atoms with E-state index in [2.05, 4.69) is 44.0 Å². The quantitative estimate of drug-likeness (QED) is 0.900. The second-order valence-corrected chi connectivity index (χ2v) is 7.59. The lowest BCUT2D eigenvalue weighted by Gasteiger charge is -2.41. The van der Waals surface area contributed by atoms with E-state index in [1.807, 2.05) is 18.0 Å². The molecule has 144 valence electrons. The summed E-state index contributed by atoms with van der Waals surface area (Å²) in [6.45, 7) is 6.95. The number of nitrogens with zero attached hydrogens (tertiary/aromatic N) is 4. The zero-order chi connectivity index (χ0) is 18.6. The van der Waals surface area contributed by atoms with Crippen LogP contribution in [0.4, 0.5) is 4.79 Å². The van der Waals surface area contributed by atoms with Crippen LogP contribution in [0.3, 0.4) is 0 Å². The third-order valence-electron chi connectivity index (χ3n) is 5.99. The average Bonchev–Trinajstić information content (AvgIpc) is 3.12. The molecule has 27 heavy (non-hydrogen) atoms. The molecular weight excluding hydrogens is 338 g/mol. The minimum absolute atomic E-state index is 0.0569. The van der Waals surface area contributed by atoms with Gasteiger partial charge in [0.1, 0.15) is 5.82 Å². The number of carbonyl (C=O) groups is 1. The highest BCUT2D eigenvalue weighted by Gasteiger charge is 2.28. The van der Waals surface area contributed by atoms with Crippen molar-refractivity contribution in [2.45, 2.75) is 38.8 Å². The summed E-state index contributed by atoms with van der Waals surface area (Å²) in [6, 6.07) is 9.50. The van der Waals surface area contributed by atoms with Gasteiger partial charge in [-0.1, -0.05) is 24.3 Å². The smallest absolute Gasteiger partial charge is 0.317 e. The molecule has 1 aliphatic heterocycles. The number of aromatic nitrogens is 2. The molecule has 0 unspecified atom stereocenters. The number of imidazole rings is 1. The van der Waals surface area contributed by atoms with Crippen LogP contribution < -0.4 is 5.32 Å². The van der Waals surface area contributed by atoms with E-state index in [-0.39, 0.29) is 6.03 Å². The molecule has 4 rings (SSSR count). The molecule has 1 saturated heterocycles. The molecule has 2 heterocycles. The van der Waals surface area contributed by atoms with Gasteiger partial charge in [-0.25, -0.2) is 9.78 Å². The Hall–Kier alpha value is -2.34. The third kappa shape index (κ3) is 4.16. The molecule has 2 aromatic rings. The van der Waals surface area contributed by atoms with Crippen LogP contribution in [0.15, 0.2) is 36.7 Å². The second kappa shape index (κ2) is 8.13. The maximum Gasteiger partial charge on any atom is 0.317 e. The highest BCUT2D eigenvalue weighted by Crippen LogP contribution is 2.25. The fraction of sp³-hybridized carbons (Fsp3) is 0.524. The maximum absolute atomic E-state index is 12.4. The number of aryl methyl sites for hydroxylation is 2. The SMILES string of the molecule is Cc1nccn1CCNC(=O)N1CCN([C@@H]2CCc3ccccc3C2)CC1. The number of carbonyl (C=O) groups excluding carboxylic acids is 1.